The Morgan fingerprint density at radius 2 is 2.24 bits per heavy atom. The van der Waals surface area contributed by atoms with E-state index in [1.807, 2.05) is 30.8 Å². The fourth-order valence-corrected chi connectivity index (χ4v) is 1.92. The van der Waals surface area contributed by atoms with Gasteiger partial charge < -0.3 is 10.6 Å². The quantitative estimate of drug-likeness (QED) is 0.857. The summed E-state index contributed by atoms with van der Waals surface area (Å²) in [5.41, 5.74) is 0. The first kappa shape index (κ1) is 15.5. The summed E-state index contributed by atoms with van der Waals surface area (Å²) in [7, 11) is 0. The monoisotopic (exact) mass is 307 g/mol. The van der Waals surface area contributed by atoms with Gasteiger partial charge in [-0.3, -0.25) is 9.48 Å². The molecule has 2 rings (SSSR count). The molecule has 0 aromatic carbocycles. The van der Waals surface area contributed by atoms with Gasteiger partial charge in [0.05, 0.1) is 17.6 Å². The van der Waals surface area contributed by atoms with Crippen LogP contribution >= 0.6 is 11.6 Å². The molecule has 112 valence electrons. The zero-order valence-electron chi connectivity index (χ0n) is 12.0. The third-order valence-corrected chi connectivity index (χ3v) is 3.47. The Labute approximate surface area is 128 Å². The molecule has 2 aromatic rings. The van der Waals surface area contributed by atoms with Crippen molar-refractivity contribution in [1.82, 2.24) is 20.1 Å². The van der Waals surface area contributed by atoms with Crippen molar-refractivity contribution in [3.8, 4) is 0 Å². The molecule has 21 heavy (non-hydrogen) atoms. The molecule has 2 atom stereocenters. The minimum absolute atomic E-state index is 0.105. The predicted octanol–water partition coefficient (Wildman–Crippen LogP) is 2.11. The third-order valence-electron chi connectivity index (χ3n) is 3.25. The number of hydrogen-bond acceptors (Lipinski definition) is 4. The predicted molar refractivity (Wildman–Crippen MR) is 82.3 cm³/mol. The zero-order chi connectivity index (χ0) is 15.2. The Morgan fingerprint density at radius 3 is 2.86 bits per heavy atom. The third kappa shape index (κ3) is 4.54. The first-order chi connectivity index (χ1) is 10.1. The number of pyridine rings is 1. The number of halogens is 1. The second-order valence-electron chi connectivity index (χ2n) is 4.81. The average Bonchev–Trinajstić information content (AvgIpc) is 3.00. The fraction of sp³-hybridized carbons (Fsp3) is 0.357. The Hall–Kier alpha value is -1.92. The van der Waals surface area contributed by atoms with Crippen molar-refractivity contribution in [2.75, 3.05) is 11.9 Å². The van der Waals surface area contributed by atoms with Gasteiger partial charge in [0.1, 0.15) is 5.82 Å². The molecule has 0 aliphatic carbocycles. The molecule has 0 unspecified atom stereocenters. The number of nitrogens with one attached hydrogen (secondary N) is 2. The largest absolute Gasteiger partial charge is 0.310 e. The summed E-state index contributed by atoms with van der Waals surface area (Å²) in [6.07, 6.45) is 5.13. The summed E-state index contributed by atoms with van der Waals surface area (Å²) in [6.45, 7) is 4.26. The van der Waals surface area contributed by atoms with Crippen LogP contribution in [0.1, 0.15) is 19.9 Å². The zero-order valence-corrected chi connectivity index (χ0v) is 12.7. The molecule has 0 radical (unpaired) electrons. The van der Waals surface area contributed by atoms with Gasteiger partial charge in [0.25, 0.3) is 0 Å². The Kier molecular flexibility index (Phi) is 5.30. The molecular formula is C14H18ClN5O. The molecule has 6 nitrogen and oxygen atoms in total. The first-order valence-corrected chi connectivity index (χ1v) is 7.08. The van der Waals surface area contributed by atoms with Crippen LogP contribution in [0.2, 0.25) is 5.02 Å². The summed E-state index contributed by atoms with van der Waals surface area (Å²) in [5.74, 6) is 0.336. The second kappa shape index (κ2) is 7.19. The lowest BCUT2D eigenvalue weighted by molar-refractivity contribution is -0.115. The van der Waals surface area contributed by atoms with Gasteiger partial charge in [-0.1, -0.05) is 11.6 Å². The van der Waals surface area contributed by atoms with Gasteiger partial charge in [-0.25, -0.2) is 4.98 Å². The van der Waals surface area contributed by atoms with Crippen LogP contribution in [-0.2, 0) is 4.79 Å². The fourth-order valence-electron chi connectivity index (χ4n) is 1.81. The van der Waals surface area contributed by atoms with Gasteiger partial charge in [0.2, 0.25) is 5.91 Å². The molecule has 0 saturated carbocycles. The van der Waals surface area contributed by atoms with Crippen molar-refractivity contribution in [1.29, 1.82) is 0 Å². The van der Waals surface area contributed by atoms with E-state index in [9.17, 15) is 4.79 Å². The average molecular weight is 308 g/mol. The molecule has 0 spiro atoms. The van der Waals surface area contributed by atoms with E-state index in [0.29, 0.717) is 10.8 Å². The number of carbonyl (C=O) groups is 1. The van der Waals surface area contributed by atoms with E-state index in [2.05, 4.69) is 20.7 Å². The van der Waals surface area contributed by atoms with Crippen LogP contribution in [0, 0.1) is 0 Å². The van der Waals surface area contributed by atoms with Gasteiger partial charge >= 0.3 is 0 Å². The highest BCUT2D eigenvalue weighted by molar-refractivity contribution is 6.30. The van der Waals surface area contributed by atoms with Gasteiger partial charge in [-0.05, 0) is 32.0 Å². The van der Waals surface area contributed by atoms with Crippen LogP contribution in [0.3, 0.4) is 0 Å². The van der Waals surface area contributed by atoms with E-state index in [1.165, 1.54) is 6.20 Å². The maximum absolute atomic E-state index is 11.8. The number of amides is 1. The number of nitrogens with zero attached hydrogens (tertiary/aromatic N) is 3. The first-order valence-electron chi connectivity index (χ1n) is 6.70. The van der Waals surface area contributed by atoms with E-state index in [-0.39, 0.29) is 24.5 Å². The molecule has 0 bridgehead atoms. The van der Waals surface area contributed by atoms with E-state index in [0.717, 1.165) is 0 Å². The van der Waals surface area contributed by atoms with Gasteiger partial charge in [-0.15, -0.1) is 0 Å². The van der Waals surface area contributed by atoms with Crippen molar-refractivity contribution >= 4 is 23.3 Å². The molecular weight excluding hydrogens is 290 g/mol. The Morgan fingerprint density at radius 1 is 1.43 bits per heavy atom. The number of aromatic nitrogens is 3. The lowest BCUT2D eigenvalue weighted by Gasteiger charge is -2.21. The molecule has 0 fully saturated rings. The number of carbonyl (C=O) groups excluding carboxylic acids is 1. The van der Waals surface area contributed by atoms with Crippen molar-refractivity contribution in [2.24, 2.45) is 0 Å². The van der Waals surface area contributed by atoms with Crippen LogP contribution in [-0.4, -0.2) is 33.3 Å². The standard InChI is InChI=1S/C14H18ClN5O/c1-10(11(2)20-7-3-6-18-20)16-9-14(21)19-13-5-4-12(15)8-17-13/h3-8,10-11,16H,9H2,1-2H3,(H,17,19,21)/t10-,11+/m1/s1. The van der Waals surface area contributed by atoms with Gasteiger partial charge in [0.15, 0.2) is 0 Å². The molecule has 1 amide bonds. The minimum atomic E-state index is -0.149. The summed E-state index contributed by atoms with van der Waals surface area (Å²) in [5, 5.41) is 10.6. The highest BCUT2D eigenvalue weighted by atomic mass is 35.5. The van der Waals surface area contributed by atoms with E-state index >= 15 is 0 Å². The molecule has 2 heterocycles. The summed E-state index contributed by atoms with van der Waals surface area (Å²) in [4.78, 5) is 15.9. The Balaban J connectivity index is 1.79. The van der Waals surface area contributed by atoms with Crippen LogP contribution in [0.5, 0.6) is 0 Å². The normalized spacial score (nSPS) is 13.7. The highest BCUT2D eigenvalue weighted by Crippen LogP contribution is 2.10. The molecule has 2 aromatic heterocycles. The van der Waals surface area contributed by atoms with Crippen molar-refractivity contribution in [2.45, 2.75) is 25.9 Å². The van der Waals surface area contributed by atoms with E-state index in [4.69, 9.17) is 11.6 Å². The molecule has 0 saturated heterocycles. The minimum Gasteiger partial charge on any atom is -0.310 e. The summed E-state index contributed by atoms with van der Waals surface area (Å²) in [6, 6.07) is 5.48. The summed E-state index contributed by atoms with van der Waals surface area (Å²) < 4.78 is 1.86. The van der Waals surface area contributed by atoms with E-state index in [1.54, 1.807) is 18.3 Å². The lowest BCUT2D eigenvalue weighted by atomic mass is 10.2. The molecule has 0 aliphatic rings. The number of hydrogen-bond donors (Lipinski definition) is 2. The topological polar surface area (TPSA) is 71.8 Å². The maximum atomic E-state index is 11.8. The van der Waals surface area contributed by atoms with Crippen molar-refractivity contribution in [3.05, 3.63) is 41.8 Å². The Bertz CT molecular complexity index is 570. The van der Waals surface area contributed by atoms with Gasteiger partial charge in [0, 0.05) is 24.6 Å². The smallest absolute Gasteiger partial charge is 0.239 e. The second-order valence-corrected chi connectivity index (χ2v) is 5.24. The highest BCUT2D eigenvalue weighted by Gasteiger charge is 2.14. The van der Waals surface area contributed by atoms with Gasteiger partial charge in [-0.2, -0.15) is 5.10 Å². The molecule has 7 heteroatoms. The van der Waals surface area contributed by atoms with E-state index < -0.39 is 0 Å². The van der Waals surface area contributed by atoms with Crippen molar-refractivity contribution in [3.63, 3.8) is 0 Å². The summed E-state index contributed by atoms with van der Waals surface area (Å²) >= 11 is 5.74. The lowest BCUT2D eigenvalue weighted by Crippen LogP contribution is -2.39. The SMILES string of the molecule is C[C@@H](NCC(=O)Nc1ccc(Cl)cn1)[C@H](C)n1cccn1. The van der Waals surface area contributed by atoms with Crippen LogP contribution in [0.4, 0.5) is 5.82 Å². The van der Waals surface area contributed by atoms with Crippen molar-refractivity contribution < 1.29 is 4.79 Å². The molecule has 0 aliphatic heterocycles. The van der Waals surface area contributed by atoms with Crippen LogP contribution in [0.25, 0.3) is 0 Å². The number of rotatable bonds is 6. The van der Waals surface area contributed by atoms with Crippen LogP contribution in [0.15, 0.2) is 36.8 Å². The molecule has 2 N–H and O–H groups in total. The number of anilines is 1. The van der Waals surface area contributed by atoms with Crippen LogP contribution < -0.4 is 10.6 Å². The maximum Gasteiger partial charge on any atom is 0.239 e.